The van der Waals surface area contributed by atoms with Crippen molar-refractivity contribution in [2.45, 2.75) is 13.3 Å². The molecule has 0 N–H and O–H groups in total. The number of Topliss-reactive ketones (excluding diaryl/α,β-unsaturated/α-hetero) is 1. The number of ketones is 1. The van der Waals surface area contributed by atoms with Gasteiger partial charge in [-0.3, -0.25) is 9.59 Å². The van der Waals surface area contributed by atoms with Gasteiger partial charge in [0, 0.05) is 17.5 Å². The highest BCUT2D eigenvalue weighted by atomic mass is 35.5. The zero-order valence-corrected chi connectivity index (χ0v) is 13.8. The largest absolute Gasteiger partial charge is 0.469 e. The zero-order valence-electron chi connectivity index (χ0n) is 13.0. The molecule has 7 heteroatoms. The van der Waals surface area contributed by atoms with E-state index < -0.39 is 24.1 Å². The summed E-state index contributed by atoms with van der Waals surface area (Å²) in [5.74, 6) is -1.81. The van der Waals surface area contributed by atoms with Gasteiger partial charge in [0.2, 0.25) is 0 Å². The molecule has 0 saturated heterocycles. The molecule has 0 atom stereocenters. The van der Waals surface area contributed by atoms with Gasteiger partial charge in [0.05, 0.1) is 24.8 Å². The molecular formula is C16H16ClNO5. The Morgan fingerprint density at radius 2 is 1.96 bits per heavy atom. The maximum absolute atomic E-state index is 12.5. The lowest BCUT2D eigenvalue weighted by molar-refractivity contribution is -0.139. The number of aromatic nitrogens is 1. The number of rotatable bonds is 5. The number of ether oxygens (including phenoxy) is 2. The first-order chi connectivity index (χ1) is 10.9. The minimum Gasteiger partial charge on any atom is -0.469 e. The van der Waals surface area contributed by atoms with Crippen LogP contribution < -0.4 is 0 Å². The third kappa shape index (κ3) is 3.22. The van der Waals surface area contributed by atoms with Crippen molar-refractivity contribution in [1.82, 2.24) is 4.57 Å². The van der Waals surface area contributed by atoms with E-state index in [0.717, 1.165) is 0 Å². The van der Waals surface area contributed by atoms with Crippen LogP contribution in [0.4, 0.5) is 0 Å². The van der Waals surface area contributed by atoms with Crippen molar-refractivity contribution in [3.8, 4) is 0 Å². The minimum atomic E-state index is -0.671. The number of esters is 2. The molecule has 0 unspecified atom stereocenters. The number of halogens is 1. The maximum Gasteiger partial charge on any atom is 0.355 e. The number of aryl methyl sites for hydroxylation is 1. The van der Waals surface area contributed by atoms with Gasteiger partial charge in [-0.25, -0.2) is 4.79 Å². The van der Waals surface area contributed by atoms with E-state index in [1.807, 2.05) is 0 Å². The number of hydrogen-bond acceptors (Lipinski definition) is 5. The number of carbonyl (C=O) groups is 3. The number of nitrogens with zero attached hydrogens (tertiary/aromatic N) is 1. The second kappa shape index (κ2) is 6.83. The third-order valence-corrected chi connectivity index (χ3v) is 3.68. The van der Waals surface area contributed by atoms with Crippen LogP contribution >= 0.6 is 11.6 Å². The first-order valence-corrected chi connectivity index (χ1v) is 7.33. The topological polar surface area (TPSA) is 74.6 Å². The number of methoxy groups -OCH3 is 1. The van der Waals surface area contributed by atoms with Crippen molar-refractivity contribution in [3.63, 3.8) is 0 Å². The molecule has 2 aromatic rings. The summed E-state index contributed by atoms with van der Waals surface area (Å²) in [6, 6.07) is 4.91. The smallest absolute Gasteiger partial charge is 0.355 e. The lowest BCUT2D eigenvalue weighted by Crippen LogP contribution is -2.16. The van der Waals surface area contributed by atoms with E-state index in [4.69, 9.17) is 16.3 Å². The van der Waals surface area contributed by atoms with Gasteiger partial charge < -0.3 is 14.0 Å². The fraction of sp³-hybridized carbons (Fsp3) is 0.312. The van der Waals surface area contributed by atoms with Gasteiger partial charge in [-0.2, -0.15) is 0 Å². The van der Waals surface area contributed by atoms with E-state index in [0.29, 0.717) is 15.9 Å². The van der Waals surface area contributed by atoms with Crippen LogP contribution in [0.1, 0.15) is 34.2 Å². The lowest BCUT2D eigenvalue weighted by Gasteiger charge is -2.06. The second-order valence-corrected chi connectivity index (χ2v) is 5.28. The van der Waals surface area contributed by atoms with E-state index in [1.165, 1.54) is 7.11 Å². The number of benzene rings is 1. The van der Waals surface area contributed by atoms with E-state index in [1.54, 1.807) is 36.7 Å². The summed E-state index contributed by atoms with van der Waals surface area (Å²) in [5.41, 5.74) is 0.842. The van der Waals surface area contributed by atoms with Crippen LogP contribution in [0.2, 0.25) is 5.02 Å². The van der Waals surface area contributed by atoms with Crippen LogP contribution in [0, 0.1) is 0 Å². The van der Waals surface area contributed by atoms with Crippen molar-refractivity contribution in [3.05, 3.63) is 34.5 Å². The highest BCUT2D eigenvalue weighted by Gasteiger charge is 2.28. The molecule has 0 spiro atoms. The van der Waals surface area contributed by atoms with Gasteiger partial charge in [0.1, 0.15) is 12.1 Å². The molecule has 2 rings (SSSR count). The number of fused-ring (bicyclic) bond motifs is 1. The molecule has 0 amide bonds. The van der Waals surface area contributed by atoms with Crippen molar-refractivity contribution in [1.29, 1.82) is 0 Å². The van der Waals surface area contributed by atoms with Crippen molar-refractivity contribution in [2.24, 2.45) is 7.05 Å². The number of hydrogen-bond donors (Lipinski definition) is 0. The summed E-state index contributed by atoms with van der Waals surface area (Å²) < 4.78 is 11.1. The molecule has 0 aliphatic rings. The van der Waals surface area contributed by atoms with Crippen LogP contribution in [0.25, 0.3) is 10.9 Å². The van der Waals surface area contributed by atoms with Crippen LogP contribution in [0.3, 0.4) is 0 Å². The Balaban J connectivity index is 2.68. The van der Waals surface area contributed by atoms with Crippen LogP contribution in [0.5, 0.6) is 0 Å². The third-order valence-electron chi connectivity index (χ3n) is 3.44. The standard InChI is InChI=1S/C16H16ClNO5/c1-4-23-16(21)15-14(12(19)8-13(20)22-3)10-6-5-9(17)7-11(10)18(15)2/h5-7H,4,8H2,1-3H3. The second-order valence-electron chi connectivity index (χ2n) is 4.84. The molecule has 0 bridgehead atoms. The van der Waals surface area contributed by atoms with Gasteiger partial charge in [0.25, 0.3) is 0 Å². The van der Waals surface area contributed by atoms with Gasteiger partial charge in [-0.05, 0) is 19.1 Å². The predicted octanol–water partition coefficient (Wildman–Crippen LogP) is 2.75. The fourth-order valence-corrected chi connectivity index (χ4v) is 2.59. The molecule has 23 heavy (non-hydrogen) atoms. The average molecular weight is 338 g/mol. The molecular weight excluding hydrogens is 322 g/mol. The van der Waals surface area contributed by atoms with E-state index in [2.05, 4.69) is 4.74 Å². The average Bonchev–Trinajstić information content (AvgIpc) is 2.80. The molecule has 0 radical (unpaired) electrons. The fourth-order valence-electron chi connectivity index (χ4n) is 2.42. The molecule has 6 nitrogen and oxygen atoms in total. The van der Waals surface area contributed by atoms with Gasteiger partial charge in [-0.15, -0.1) is 0 Å². The Morgan fingerprint density at radius 1 is 1.26 bits per heavy atom. The molecule has 0 fully saturated rings. The minimum absolute atomic E-state index is 0.0954. The summed E-state index contributed by atoms with van der Waals surface area (Å²) in [5, 5.41) is 1.01. The van der Waals surface area contributed by atoms with Gasteiger partial charge in [0.15, 0.2) is 5.78 Å². The van der Waals surface area contributed by atoms with Crippen LogP contribution in [-0.4, -0.2) is 36.0 Å². The molecule has 1 aromatic heterocycles. The van der Waals surface area contributed by atoms with Crippen molar-refractivity contribution in [2.75, 3.05) is 13.7 Å². The zero-order chi connectivity index (χ0) is 17.1. The quantitative estimate of drug-likeness (QED) is 0.476. The molecule has 122 valence electrons. The van der Waals surface area contributed by atoms with Gasteiger partial charge >= 0.3 is 11.9 Å². The van der Waals surface area contributed by atoms with Gasteiger partial charge in [-0.1, -0.05) is 17.7 Å². The Bertz CT molecular complexity index is 793. The van der Waals surface area contributed by atoms with E-state index >= 15 is 0 Å². The molecule has 1 heterocycles. The summed E-state index contributed by atoms with van der Waals surface area (Å²) in [7, 11) is 2.84. The highest BCUT2D eigenvalue weighted by molar-refractivity contribution is 6.31. The molecule has 0 aliphatic heterocycles. The molecule has 0 aliphatic carbocycles. The SMILES string of the molecule is CCOC(=O)c1c(C(=O)CC(=O)OC)c2ccc(Cl)cc2n1C. The highest BCUT2D eigenvalue weighted by Crippen LogP contribution is 2.29. The normalized spacial score (nSPS) is 10.6. The summed E-state index contributed by atoms with van der Waals surface area (Å²) >= 11 is 5.99. The summed E-state index contributed by atoms with van der Waals surface area (Å²) in [6.45, 7) is 1.85. The van der Waals surface area contributed by atoms with Crippen LogP contribution in [0.15, 0.2) is 18.2 Å². The number of carbonyl (C=O) groups excluding carboxylic acids is 3. The lowest BCUT2D eigenvalue weighted by atomic mass is 10.0. The first kappa shape index (κ1) is 17.0. The molecule has 1 aromatic carbocycles. The van der Waals surface area contributed by atoms with Crippen LogP contribution in [-0.2, 0) is 21.3 Å². The van der Waals surface area contributed by atoms with E-state index in [-0.39, 0.29) is 17.9 Å². The maximum atomic E-state index is 12.5. The first-order valence-electron chi connectivity index (χ1n) is 6.95. The predicted molar refractivity (Wildman–Crippen MR) is 84.8 cm³/mol. The Hall–Kier alpha value is -2.34. The Kier molecular flexibility index (Phi) is 5.05. The van der Waals surface area contributed by atoms with Crippen molar-refractivity contribution < 1.29 is 23.9 Å². The van der Waals surface area contributed by atoms with Crippen molar-refractivity contribution >= 4 is 40.2 Å². The Morgan fingerprint density at radius 3 is 2.57 bits per heavy atom. The Labute approximate surface area is 137 Å². The monoisotopic (exact) mass is 337 g/mol. The molecule has 0 saturated carbocycles. The summed E-state index contributed by atoms with van der Waals surface area (Å²) in [6.07, 6.45) is -0.454. The summed E-state index contributed by atoms with van der Waals surface area (Å²) in [4.78, 5) is 36.2. The van der Waals surface area contributed by atoms with E-state index in [9.17, 15) is 14.4 Å².